The van der Waals surface area contributed by atoms with E-state index in [1.807, 2.05) is 35.2 Å². The maximum absolute atomic E-state index is 12.5. The Bertz CT molecular complexity index is 433. The fourth-order valence-electron chi connectivity index (χ4n) is 2.77. The molecule has 2 rings (SSSR count). The molecule has 20 heavy (non-hydrogen) atoms. The highest BCUT2D eigenvalue weighted by atomic mass is 16.2. The molecule has 4 heteroatoms. The van der Waals surface area contributed by atoms with Crippen molar-refractivity contribution < 1.29 is 4.79 Å². The number of carbonyl (C=O) groups excluding carboxylic acids is 1. The van der Waals surface area contributed by atoms with E-state index in [-0.39, 0.29) is 5.91 Å². The number of carbonyl (C=O) groups is 1. The molecule has 1 heterocycles. The minimum absolute atomic E-state index is 0.0837. The molecule has 110 valence electrons. The van der Waals surface area contributed by atoms with Crippen molar-refractivity contribution in [3.8, 4) is 0 Å². The molecule has 0 aliphatic carbocycles. The van der Waals surface area contributed by atoms with Crippen LogP contribution in [0.3, 0.4) is 0 Å². The summed E-state index contributed by atoms with van der Waals surface area (Å²) >= 11 is 0. The zero-order chi connectivity index (χ0) is 14.5. The normalized spacial score (nSPS) is 21.0. The highest BCUT2D eigenvalue weighted by molar-refractivity contribution is 5.82. The third kappa shape index (κ3) is 3.81. The van der Waals surface area contributed by atoms with E-state index in [2.05, 4.69) is 19.0 Å². The number of rotatable bonds is 4. The Morgan fingerprint density at radius 3 is 2.75 bits per heavy atom. The van der Waals surface area contributed by atoms with Gasteiger partial charge in [-0.15, -0.1) is 0 Å². The van der Waals surface area contributed by atoms with Crippen molar-refractivity contribution in [2.75, 3.05) is 27.2 Å². The van der Waals surface area contributed by atoms with Gasteiger partial charge in [-0.2, -0.15) is 0 Å². The lowest BCUT2D eigenvalue weighted by atomic mass is 10.0. The number of nitrogens with zero attached hydrogens (tertiary/aromatic N) is 2. The highest BCUT2D eigenvalue weighted by Gasteiger charge is 2.27. The van der Waals surface area contributed by atoms with Crippen LogP contribution in [0.25, 0.3) is 0 Å². The van der Waals surface area contributed by atoms with E-state index >= 15 is 0 Å². The summed E-state index contributed by atoms with van der Waals surface area (Å²) in [6.07, 6.45) is 2.83. The van der Waals surface area contributed by atoms with Gasteiger partial charge in [0.25, 0.3) is 0 Å². The standard InChI is InChI=1S/C16H25N3O/c1-18(2)14-9-6-10-19(12-14)16(20)15(17)11-13-7-4-3-5-8-13/h3-5,7-8,14-15H,6,9-12,17H2,1-2H3. The second kappa shape index (κ2) is 6.86. The van der Waals surface area contributed by atoms with E-state index < -0.39 is 6.04 Å². The third-order valence-corrected chi connectivity index (χ3v) is 4.05. The van der Waals surface area contributed by atoms with E-state index in [0.717, 1.165) is 31.5 Å². The van der Waals surface area contributed by atoms with Crippen LogP contribution in [0.5, 0.6) is 0 Å². The third-order valence-electron chi connectivity index (χ3n) is 4.05. The van der Waals surface area contributed by atoms with E-state index in [1.165, 1.54) is 0 Å². The molecule has 1 fully saturated rings. The number of benzene rings is 1. The van der Waals surface area contributed by atoms with Gasteiger partial charge in [0.1, 0.15) is 0 Å². The number of likely N-dealkylation sites (tertiary alicyclic amines) is 1. The lowest BCUT2D eigenvalue weighted by Gasteiger charge is -2.37. The van der Waals surface area contributed by atoms with Gasteiger partial charge in [0.15, 0.2) is 0 Å². The number of piperidine rings is 1. The summed E-state index contributed by atoms with van der Waals surface area (Å²) in [5.74, 6) is 0.0837. The molecule has 1 aromatic carbocycles. The molecule has 0 radical (unpaired) electrons. The monoisotopic (exact) mass is 275 g/mol. The molecular formula is C16H25N3O. The van der Waals surface area contributed by atoms with Gasteiger partial charge in [-0.3, -0.25) is 4.79 Å². The largest absolute Gasteiger partial charge is 0.340 e. The molecule has 1 aliphatic heterocycles. The van der Waals surface area contributed by atoms with Gasteiger partial charge >= 0.3 is 0 Å². The van der Waals surface area contributed by atoms with Crippen molar-refractivity contribution >= 4 is 5.91 Å². The quantitative estimate of drug-likeness (QED) is 0.895. The van der Waals surface area contributed by atoms with Crippen molar-refractivity contribution in [1.29, 1.82) is 0 Å². The maximum Gasteiger partial charge on any atom is 0.239 e. The average molecular weight is 275 g/mol. The van der Waals surface area contributed by atoms with Crippen molar-refractivity contribution in [2.45, 2.75) is 31.3 Å². The van der Waals surface area contributed by atoms with Crippen molar-refractivity contribution in [3.63, 3.8) is 0 Å². The van der Waals surface area contributed by atoms with Crippen LogP contribution < -0.4 is 5.73 Å². The number of amides is 1. The number of likely N-dealkylation sites (N-methyl/N-ethyl adjacent to an activating group) is 1. The molecule has 0 aromatic heterocycles. The van der Waals surface area contributed by atoms with Gasteiger partial charge in [0, 0.05) is 19.1 Å². The molecule has 2 unspecified atom stereocenters. The predicted octanol–water partition coefficient (Wildman–Crippen LogP) is 1.11. The summed E-state index contributed by atoms with van der Waals surface area (Å²) in [5.41, 5.74) is 7.22. The number of hydrogen-bond acceptors (Lipinski definition) is 3. The number of hydrogen-bond donors (Lipinski definition) is 1. The van der Waals surface area contributed by atoms with Gasteiger partial charge < -0.3 is 15.5 Å². The Labute approximate surface area is 121 Å². The molecule has 0 spiro atoms. The Kier molecular flexibility index (Phi) is 5.15. The Balaban J connectivity index is 1.93. The van der Waals surface area contributed by atoms with Crippen LogP contribution in [0, 0.1) is 0 Å². The molecule has 0 bridgehead atoms. The topological polar surface area (TPSA) is 49.6 Å². The first-order valence-corrected chi connectivity index (χ1v) is 7.32. The summed E-state index contributed by atoms with van der Waals surface area (Å²) in [5, 5.41) is 0. The average Bonchev–Trinajstić information content (AvgIpc) is 2.47. The van der Waals surface area contributed by atoms with Crippen molar-refractivity contribution in [2.24, 2.45) is 5.73 Å². The van der Waals surface area contributed by atoms with Crippen LogP contribution in [-0.2, 0) is 11.2 Å². The second-order valence-corrected chi connectivity index (χ2v) is 5.84. The van der Waals surface area contributed by atoms with Gasteiger partial charge in [-0.1, -0.05) is 30.3 Å². The van der Waals surface area contributed by atoms with Crippen molar-refractivity contribution in [3.05, 3.63) is 35.9 Å². The molecule has 1 amide bonds. The van der Waals surface area contributed by atoms with Gasteiger partial charge in [-0.05, 0) is 38.9 Å². The predicted molar refractivity (Wildman–Crippen MR) is 81.4 cm³/mol. The van der Waals surface area contributed by atoms with E-state index in [1.54, 1.807) is 0 Å². The van der Waals surface area contributed by atoms with Gasteiger partial charge in [0.05, 0.1) is 6.04 Å². The van der Waals surface area contributed by atoms with E-state index in [0.29, 0.717) is 12.5 Å². The molecule has 2 atom stereocenters. The summed E-state index contributed by atoms with van der Waals surface area (Å²) in [6.45, 7) is 1.64. The molecule has 2 N–H and O–H groups in total. The molecule has 4 nitrogen and oxygen atoms in total. The number of nitrogens with two attached hydrogens (primary N) is 1. The fraction of sp³-hybridized carbons (Fsp3) is 0.562. The molecule has 1 saturated heterocycles. The van der Waals surface area contributed by atoms with Crippen LogP contribution in [0.4, 0.5) is 0 Å². The Hall–Kier alpha value is -1.39. The van der Waals surface area contributed by atoms with E-state index in [9.17, 15) is 4.79 Å². The van der Waals surface area contributed by atoms with Crippen LogP contribution >= 0.6 is 0 Å². The minimum Gasteiger partial charge on any atom is -0.340 e. The second-order valence-electron chi connectivity index (χ2n) is 5.84. The maximum atomic E-state index is 12.5. The zero-order valence-electron chi connectivity index (χ0n) is 12.5. The highest BCUT2D eigenvalue weighted by Crippen LogP contribution is 2.15. The fourth-order valence-corrected chi connectivity index (χ4v) is 2.77. The molecule has 1 aliphatic rings. The van der Waals surface area contributed by atoms with Gasteiger partial charge in [-0.25, -0.2) is 0 Å². The molecular weight excluding hydrogens is 250 g/mol. The summed E-state index contributed by atoms with van der Waals surface area (Å²) < 4.78 is 0. The van der Waals surface area contributed by atoms with Crippen molar-refractivity contribution in [1.82, 2.24) is 9.80 Å². The lowest BCUT2D eigenvalue weighted by molar-refractivity contribution is -0.134. The lowest BCUT2D eigenvalue weighted by Crippen LogP contribution is -2.52. The Morgan fingerprint density at radius 2 is 2.10 bits per heavy atom. The minimum atomic E-state index is -0.432. The first-order valence-electron chi connectivity index (χ1n) is 7.32. The zero-order valence-corrected chi connectivity index (χ0v) is 12.5. The van der Waals surface area contributed by atoms with Crippen LogP contribution in [0.2, 0.25) is 0 Å². The van der Waals surface area contributed by atoms with Crippen LogP contribution in [0.1, 0.15) is 18.4 Å². The van der Waals surface area contributed by atoms with Crippen LogP contribution in [0.15, 0.2) is 30.3 Å². The first-order chi connectivity index (χ1) is 9.58. The van der Waals surface area contributed by atoms with Gasteiger partial charge in [0.2, 0.25) is 5.91 Å². The summed E-state index contributed by atoms with van der Waals surface area (Å²) in [7, 11) is 4.14. The van der Waals surface area contributed by atoms with E-state index in [4.69, 9.17) is 5.73 Å². The molecule has 0 saturated carbocycles. The summed E-state index contributed by atoms with van der Waals surface area (Å²) in [6, 6.07) is 10.0. The SMILES string of the molecule is CN(C)C1CCCN(C(=O)C(N)Cc2ccccc2)C1. The Morgan fingerprint density at radius 1 is 1.40 bits per heavy atom. The first kappa shape index (κ1) is 15.0. The summed E-state index contributed by atoms with van der Waals surface area (Å²) in [4.78, 5) is 16.6. The molecule has 1 aromatic rings. The smallest absolute Gasteiger partial charge is 0.239 e. The van der Waals surface area contributed by atoms with Crippen LogP contribution in [-0.4, -0.2) is 55.0 Å².